The Labute approximate surface area is 264 Å². The van der Waals surface area contributed by atoms with Gasteiger partial charge in [0.05, 0.1) is 17.1 Å². The van der Waals surface area contributed by atoms with Gasteiger partial charge in [-0.25, -0.2) is 23.7 Å². The van der Waals surface area contributed by atoms with Crippen LogP contribution in [0.2, 0.25) is 0 Å². The van der Waals surface area contributed by atoms with E-state index in [0.717, 1.165) is 6.42 Å². The van der Waals surface area contributed by atoms with Gasteiger partial charge < -0.3 is 19.9 Å². The number of hydrogen-bond acceptors (Lipinski definition) is 8. The number of benzene rings is 1. The third kappa shape index (κ3) is 7.23. The number of fused-ring (bicyclic) bond motifs is 2. The van der Waals surface area contributed by atoms with Crippen LogP contribution in [0.3, 0.4) is 0 Å². The number of imidazole rings is 1. The summed E-state index contributed by atoms with van der Waals surface area (Å²) in [5, 5.41) is 13.3. The fourth-order valence-corrected chi connectivity index (χ4v) is 5.82. The molecule has 11 nitrogen and oxygen atoms in total. The maximum absolute atomic E-state index is 14.3. The summed E-state index contributed by atoms with van der Waals surface area (Å²) in [5.74, 6) is -0.576. The van der Waals surface area contributed by atoms with Crippen LogP contribution < -0.4 is 5.32 Å². The number of Topliss-reactive ketones (excluding diaryl/α,β-unsaturated/α-hetero) is 1. The van der Waals surface area contributed by atoms with E-state index in [1.165, 1.54) is 21.3 Å². The van der Waals surface area contributed by atoms with Crippen LogP contribution in [0.25, 0.3) is 11.0 Å². The first-order chi connectivity index (χ1) is 20.7. The SMILES string of the molecule is CCCC[C@H](NC(=O)c1c(C)c2c(n1C(=O)OC(C)(C)C)CC(C)(C)CC2=O)c1nc2ccc(O)cc2n1C(=O)OC(C)(C)C. The summed E-state index contributed by atoms with van der Waals surface area (Å²) in [6, 6.07) is 3.70. The molecule has 11 heteroatoms. The quantitative estimate of drug-likeness (QED) is 0.293. The number of phenols is 1. The minimum atomic E-state index is -0.850. The maximum atomic E-state index is 14.3. The van der Waals surface area contributed by atoms with Gasteiger partial charge in [-0.15, -0.1) is 0 Å². The number of aromatic nitrogens is 3. The third-order valence-electron chi connectivity index (χ3n) is 7.57. The predicted molar refractivity (Wildman–Crippen MR) is 170 cm³/mol. The average Bonchev–Trinajstić information content (AvgIpc) is 3.38. The zero-order valence-electron chi connectivity index (χ0n) is 28.1. The number of ketones is 1. The van der Waals surface area contributed by atoms with Crippen molar-refractivity contribution in [1.82, 2.24) is 19.4 Å². The normalized spacial score (nSPS) is 15.5. The van der Waals surface area contributed by atoms with Crippen molar-refractivity contribution in [3.63, 3.8) is 0 Å². The molecule has 1 aromatic carbocycles. The van der Waals surface area contributed by atoms with Gasteiger partial charge in [0.25, 0.3) is 5.91 Å². The highest BCUT2D eigenvalue weighted by molar-refractivity contribution is 6.07. The molecule has 244 valence electrons. The first-order valence-corrected chi connectivity index (χ1v) is 15.5. The molecular weight excluding hydrogens is 576 g/mol. The van der Waals surface area contributed by atoms with Crippen LogP contribution in [0.15, 0.2) is 18.2 Å². The van der Waals surface area contributed by atoms with E-state index in [2.05, 4.69) is 5.32 Å². The lowest BCUT2D eigenvalue weighted by molar-refractivity contribution is 0.0516. The number of phenolic OH excluding ortho intramolecular Hbond substituents is 1. The van der Waals surface area contributed by atoms with Gasteiger partial charge in [0.1, 0.15) is 28.5 Å². The Hall–Kier alpha value is -4.15. The molecular formula is C34H46N4O7. The number of ether oxygens (including phenoxy) is 2. The van der Waals surface area contributed by atoms with Crippen LogP contribution in [0.1, 0.15) is 132 Å². The van der Waals surface area contributed by atoms with Gasteiger partial charge in [0, 0.05) is 23.7 Å². The Kier molecular flexibility index (Phi) is 8.98. The molecule has 0 aliphatic heterocycles. The van der Waals surface area contributed by atoms with Crippen LogP contribution in [0.5, 0.6) is 5.75 Å². The second kappa shape index (κ2) is 12.0. The molecule has 1 amide bonds. The summed E-state index contributed by atoms with van der Waals surface area (Å²) in [5.41, 5.74) is -0.107. The summed E-state index contributed by atoms with van der Waals surface area (Å²) in [4.78, 5) is 59.7. The van der Waals surface area contributed by atoms with Crippen molar-refractivity contribution in [2.45, 2.75) is 119 Å². The van der Waals surface area contributed by atoms with Gasteiger partial charge in [0.15, 0.2) is 5.78 Å². The summed E-state index contributed by atoms with van der Waals surface area (Å²) in [6.45, 7) is 18.0. The fraction of sp³-hybridized carbons (Fsp3) is 0.559. The van der Waals surface area contributed by atoms with E-state index in [1.807, 2.05) is 20.8 Å². The van der Waals surface area contributed by atoms with Gasteiger partial charge in [-0.05, 0) is 84.4 Å². The molecule has 2 heterocycles. The molecule has 0 saturated heterocycles. The molecule has 3 aromatic rings. The van der Waals surface area contributed by atoms with Gasteiger partial charge in [-0.2, -0.15) is 0 Å². The number of carbonyl (C=O) groups excluding carboxylic acids is 4. The first-order valence-electron chi connectivity index (χ1n) is 15.5. The Morgan fingerprint density at radius 3 is 2.20 bits per heavy atom. The molecule has 1 aliphatic carbocycles. The lowest BCUT2D eigenvalue weighted by atomic mass is 9.75. The molecule has 0 bridgehead atoms. The van der Waals surface area contributed by atoms with E-state index < -0.39 is 40.8 Å². The number of nitrogens with zero attached hydrogens (tertiary/aromatic N) is 3. The predicted octanol–water partition coefficient (Wildman–Crippen LogP) is 7.23. The van der Waals surface area contributed by atoms with Crippen molar-refractivity contribution >= 4 is 34.9 Å². The van der Waals surface area contributed by atoms with Crippen molar-refractivity contribution in [1.29, 1.82) is 0 Å². The van der Waals surface area contributed by atoms with E-state index in [0.29, 0.717) is 47.1 Å². The molecule has 1 atom stereocenters. The number of carbonyl (C=O) groups is 4. The summed E-state index contributed by atoms with van der Waals surface area (Å²) in [6.07, 6.45) is 1.12. The topological polar surface area (TPSA) is 142 Å². The van der Waals surface area contributed by atoms with E-state index >= 15 is 0 Å². The number of rotatable bonds is 6. The van der Waals surface area contributed by atoms with Crippen LogP contribution in [0, 0.1) is 12.3 Å². The van der Waals surface area contributed by atoms with Gasteiger partial charge in [0.2, 0.25) is 0 Å². The molecule has 0 spiro atoms. The van der Waals surface area contributed by atoms with Crippen molar-refractivity contribution in [3.8, 4) is 5.75 Å². The molecule has 4 rings (SSSR count). The number of nitrogens with one attached hydrogen (secondary N) is 1. The highest BCUT2D eigenvalue weighted by Crippen LogP contribution is 2.39. The number of hydrogen-bond donors (Lipinski definition) is 2. The van der Waals surface area contributed by atoms with Crippen LogP contribution in [-0.2, 0) is 15.9 Å². The molecule has 45 heavy (non-hydrogen) atoms. The smallest absolute Gasteiger partial charge is 0.420 e. The number of amides is 1. The largest absolute Gasteiger partial charge is 0.508 e. The van der Waals surface area contributed by atoms with E-state index in [9.17, 15) is 24.3 Å². The van der Waals surface area contributed by atoms with Crippen LogP contribution in [0.4, 0.5) is 9.59 Å². The second-order valence-electron chi connectivity index (χ2n) is 14.7. The van der Waals surface area contributed by atoms with E-state index in [4.69, 9.17) is 14.5 Å². The zero-order chi connectivity index (χ0) is 33.6. The van der Waals surface area contributed by atoms with Gasteiger partial charge in [-0.1, -0.05) is 33.6 Å². The molecule has 0 radical (unpaired) electrons. The first kappa shape index (κ1) is 33.7. The monoisotopic (exact) mass is 622 g/mol. The fourth-order valence-electron chi connectivity index (χ4n) is 5.82. The second-order valence-corrected chi connectivity index (χ2v) is 14.7. The summed E-state index contributed by atoms with van der Waals surface area (Å²) < 4.78 is 14.0. The Bertz CT molecular complexity index is 1660. The van der Waals surface area contributed by atoms with Crippen molar-refractivity contribution < 1.29 is 33.8 Å². The summed E-state index contributed by atoms with van der Waals surface area (Å²) in [7, 11) is 0. The average molecular weight is 623 g/mol. The highest BCUT2D eigenvalue weighted by atomic mass is 16.6. The lowest BCUT2D eigenvalue weighted by Gasteiger charge is -2.30. The molecule has 0 unspecified atom stereocenters. The molecule has 1 aliphatic rings. The summed E-state index contributed by atoms with van der Waals surface area (Å²) >= 11 is 0. The maximum Gasteiger partial charge on any atom is 0.420 e. The number of unbranched alkanes of at least 4 members (excludes halogenated alkanes) is 1. The Morgan fingerprint density at radius 1 is 1.02 bits per heavy atom. The van der Waals surface area contributed by atoms with Gasteiger partial charge >= 0.3 is 12.2 Å². The molecule has 0 fully saturated rings. The number of aromatic hydroxyl groups is 1. The van der Waals surface area contributed by atoms with E-state index in [1.54, 1.807) is 54.5 Å². The minimum absolute atomic E-state index is 0.0133. The highest BCUT2D eigenvalue weighted by Gasteiger charge is 2.41. The van der Waals surface area contributed by atoms with Crippen molar-refractivity contribution in [2.75, 3.05) is 0 Å². The Morgan fingerprint density at radius 2 is 1.62 bits per heavy atom. The standard InChI is InChI=1S/C34H46N4O7/c1-11-12-13-22(28-35-21-15-14-20(39)16-23(21)38(28)31(43)45-33(6,7)8)36-29(41)27-19(2)26-24(17-34(9,10)18-25(26)40)37(27)30(42)44-32(3,4)5/h14-16,22,39H,11-13,17-18H2,1-10H3,(H,36,41)/t22-/m0/s1. The van der Waals surface area contributed by atoms with Crippen molar-refractivity contribution in [3.05, 3.63) is 46.5 Å². The Balaban J connectivity index is 1.88. The molecule has 2 N–H and O–H groups in total. The van der Waals surface area contributed by atoms with Crippen molar-refractivity contribution in [2.24, 2.45) is 5.41 Å². The minimum Gasteiger partial charge on any atom is -0.508 e. The van der Waals surface area contributed by atoms with Crippen LogP contribution >= 0.6 is 0 Å². The van der Waals surface area contributed by atoms with Crippen LogP contribution in [-0.4, -0.2) is 54.3 Å². The van der Waals surface area contributed by atoms with E-state index in [-0.39, 0.29) is 29.5 Å². The van der Waals surface area contributed by atoms with Gasteiger partial charge in [-0.3, -0.25) is 9.59 Å². The third-order valence-corrected chi connectivity index (χ3v) is 7.57. The molecule has 0 saturated carbocycles. The molecule has 2 aromatic heterocycles. The zero-order valence-corrected chi connectivity index (χ0v) is 28.1. The lowest BCUT2D eigenvalue weighted by Crippen LogP contribution is -2.37.